The molecule has 0 aliphatic carbocycles. The molecule has 1 aromatic rings. The first-order valence-electron chi connectivity index (χ1n) is 9.89. The standard InChI is InChI=1S/C20H19N5O8S2.Na/c1-7-14(31-2)10(33-19(7)30)4-8-5-34-17-12(16(27)25(17)13(8)18(28)29)23-15(26)11(24-32-3)9-6-35-20(21)22-9;/h4,6,12,17H,5H2,1-3H3,(H2,21,22)(H,23,26)(H,28,29);/q;+1/p-1/b10-4-,24-11-;/t12-,17-;/m1./s1. The molecule has 0 unspecified atom stereocenters. The van der Waals surface area contributed by atoms with Gasteiger partial charge in [-0.2, -0.15) is 0 Å². The fourth-order valence-corrected chi connectivity index (χ4v) is 5.51. The molecule has 0 aromatic carbocycles. The van der Waals surface area contributed by atoms with Crippen LogP contribution >= 0.6 is 23.1 Å². The molecule has 2 atom stereocenters. The molecule has 3 N–H and O–H groups in total. The molecule has 4 rings (SSSR count). The van der Waals surface area contributed by atoms with Gasteiger partial charge in [-0.1, -0.05) is 5.16 Å². The number of carboxylic acids is 1. The zero-order valence-electron chi connectivity index (χ0n) is 19.5. The molecule has 0 bridgehead atoms. The predicted octanol–water partition coefficient (Wildman–Crippen LogP) is -4.16. The molecule has 0 spiro atoms. The van der Waals surface area contributed by atoms with E-state index in [4.69, 9.17) is 20.0 Å². The topological polar surface area (TPSA) is 186 Å². The van der Waals surface area contributed by atoms with Gasteiger partial charge in [0.15, 0.2) is 22.4 Å². The van der Waals surface area contributed by atoms with Gasteiger partial charge in [0.25, 0.3) is 11.8 Å². The summed E-state index contributed by atoms with van der Waals surface area (Å²) in [5.74, 6) is -3.30. The normalized spacial score (nSPS) is 22.6. The number of carbonyl (C=O) groups is 4. The van der Waals surface area contributed by atoms with Gasteiger partial charge in [0.1, 0.15) is 24.2 Å². The molecule has 1 saturated heterocycles. The summed E-state index contributed by atoms with van der Waals surface area (Å²) in [6.07, 6.45) is 1.33. The van der Waals surface area contributed by atoms with Crippen molar-refractivity contribution in [1.82, 2.24) is 15.2 Å². The third-order valence-corrected chi connectivity index (χ3v) is 7.20. The minimum atomic E-state index is -1.59. The van der Waals surface area contributed by atoms with E-state index < -0.39 is 35.2 Å². The number of ether oxygens (including phenoxy) is 2. The molecule has 16 heteroatoms. The van der Waals surface area contributed by atoms with E-state index in [9.17, 15) is 24.3 Å². The Hall–Kier alpha value is -2.85. The van der Waals surface area contributed by atoms with Gasteiger partial charge in [-0.15, -0.1) is 23.1 Å². The Labute approximate surface area is 234 Å². The third-order valence-electron chi connectivity index (χ3n) is 5.22. The minimum Gasteiger partial charge on any atom is -0.543 e. The van der Waals surface area contributed by atoms with Gasteiger partial charge >= 0.3 is 35.5 Å². The number of thiazole rings is 1. The van der Waals surface area contributed by atoms with Crippen molar-refractivity contribution in [3.05, 3.63) is 45.5 Å². The van der Waals surface area contributed by atoms with Crippen LogP contribution in [0.5, 0.6) is 0 Å². The van der Waals surface area contributed by atoms with E-state index in [-0.39, 0.29) is 80.2 Å². The number of nitrogens with one attached hydrogen (secondary N) is 1. The number of oxime groups is 1. The quantitative estimate of drug-likeness (QED) is 0.112. The van der Waals surface area contributed by atoms with Crippen molar-refractivity contribution >= 4 is 57.7 Å². The van der Waals surface area contributed by atoms with E-state index in [0.717, 1.165) is 16.2 Å². The number of thioether (sulfide) groups is 1. The zero-order valence-corrected chi connectivity index (χ0v) is 23.2. The fourth-order valence-electron chi connectivity index (χ4n) is 3.65. The Kier molecular flexibility index (Phi) is 8.51. The first-order valence-corrected chi connectivity index (χ1v) is 11.8. The van der Waals surface area contributed by atoms with Crippen molar-refractivity contribution in [1.29, 1.82) is 0 Å². The molecule has 3 aliphatic heterocycles. The van der Waals surface area contributed by atoms with Crippen molar-refractivity contribution < 1.29 is 68.2 Å². The Morgan fingerprint density at radius 3 is 2.69 bits per heavy atom. The van der Waals surface area contributed by atoms with E-state index in [2.05, 4.69) is 15.5 Å². The average Bonchev–Trinajstić information content (AvgIpc) is 3.37. The molecule has 1 aromatic heterocycles. The largest absolute Gasteiger partial charge is 1.00 e. The number of allylic oxidation sites excluding steroid dienone is 1. The molecule has 1 fully saturated rings. The monoisotopic (exact) mass is 543 g/mol. The Morgan fingerprint density at radius 1 is 1.39 bits per heavy atom. The zero-order chi connectivity index (χ0) is 25.4. The SMILES string of the molecule is CO/N=C(\C(=O)N[C@@H]1C(=O)N2C(C(=O)[O-])=C(/C=C3\OC(=O)C(C)=C3OC)CS[C@H]12)c1csc(N)n1.[Na+]. The van der Waals surface area contributed by atoms with E-state index in [1.807, 2.05) is 0 Å². The molecule has 3 aliphatic rings. The predicted molar refractivity (Wildman–Crippen MR) is 121 cm³/mol. The number of β-lactam (4-membered cyclic amide) rings is 1. The number of methoxy groups -OCH3 is 1. The summed E-state index contributed by atoms with van der Waals surface area (Å²) in [6.45, 7) is 1.51. The van der Waals surface area contributed by atoms with Gasteiger partial charge in [0, 0.05) is 11.1 Å². The summed E-state index contributed by atoms with van der Waals surface area (Å²) in [4.78, 5) is 59.3. The molecule has 13 nitrogen and oxygen atoms in total. The van der Waals surface area contributed by atoms with Crippen molar-refractivity contribution in [2.24, 2.45) is 5.16 Å². The summed E-state index contributed by atoms with van der Waals surface area (Å²) >= 11 is 2.31. The number of rotatable bonds is 7. The van der Waals surface area contributed by atoms with E-state index in [0.29, 0.717) is 0 Å². The first-order chi connectivity index (χ1) is 16.7. The number of anilines is 1. The number of esters is 1. The van der Waals surface area contributed by atoms with Crippen molar-refractivity contribution in [2.45, 2.75) is 18.3 Å². The summed E-state index contributed by atoms with van der Waals surface area (Å²) in [5.41, 5.74) is 5.63. The second-order valence-corrected chi connectivity index (χ2v) is 9.27. The number of fused-ring (bicyclic) bond motifs is 1. The molecule has 0 radical (unpaired) electrons. The average molecular weight is 544 g/mol. The van der Waals surface area contributed by atoms with E-state index in [1.165, 1.54) is 44.4 Å². The number of hydrogen-bond donors (Lipinski definition) is 2. The molecule has 2 amide bonds. The number of hydrogen-bond acceptors (Lipinski definition) is 13. The van der Waals surface area contributed by atoms with Crippen molar-refractivity contribution in [3.8, 4) is 0 Å². The van der Waals surface area contributed by atoms with Crippen LogP contribution in [0.3, 0.4) is 0 Å². The van der Waals surface area contributed by atoms with Crippen molar-refractivity contribution in [3.63, 3.8) is 0 Å². The van der Waals surface area contributed by atoms with Gasteiger partial charge < -0.3 is 35.3 Å². The van der Waals surface area contributed by atoms with Crippen LogP contribution in [0.1, 0.15) is 12.6 Å². The van der Waals surface area contributed by atoms with E-state index in [1.54, 1.807) is 0 Å². The van der Waals surface area contributed by atoms with Crippen LogP contribution in [0.25, 0.3) is 0 Å². The maximum absolute atomic E-state index is 12.9. The molecule has 184 valence electrons. The number of amides is 2. The van der Waals surface area contributed by atoms with Gasteiger partial charge in [0.05, 0.1) is 24.3 Å². The second-order valence-electron chi connectivity index (χ2n) is 7.27. The van der Waals surface area contributed by atoms with E-state index >= 15 is 0 Å². The van der Waals surface area contributed by atoms with Crippen LogP contribution in [0.2, 0.25) is 0 Å². The number of nitrogens with two attached hydrogens (primary N) is 1. The maximum Gasteiger partial charge on any atom is 1.00 e. The second kappa shape index (κ2) is 11.0. The number of cyclic esters (lactones) is 1. The summed E-state index contributed by atoms with van der Waals surface area (Å²) in [7, 11) is 2.60. The molecular formula is C20H18N5NaO8S2. The molecular weight excluding hydrogens is 525 g/mol. The van der Waals surface area contributed by atoms with Gasteiger partial charge in [-0.25, -0.2) is 9.78 Å². The summed E-state index contributed by atoms with van der Waals surface area (Å²) in [5, 5.41) is 19.2. The third kappa shape index (κ3) is 4.88. The molecule has 36 heavy (non-hydrogen) atoms. The maximum atomic E-state index is 12.9. The van der Waals surface area contributed by atoms with Crippen LogP contribution in [0.4, 0.5) is 5.13 Å². The number of nitrogens with zero attached hydrogens (tertiary/aromatic N) is 3. The minimum absolute atomic E-state index is 0. The summed E-state index contributed by atoms with van der Waals surface area (Å²) < 4.78 is 10.3. The smallest absolute Gasteiger partial charge is 0.543 e. The van der Waals surface area contributed by atoms with Crippen LogP contribution in [-0.2, 0) is 33.5 Å². The van der Waals surface area contributed by atoms with Gasteiger partial charge in [-0.3, -0.25) is 14.5 Å². The van der Waals surface area contributed by atoms with Crippen LogP contribution in [-0.4, -0.2) is 70.7 Å². The Bertz CT molecular complexity index is 1270. The summed E-state index contributed by atoms with van der Waals surface area (Å²) in [6, 6.07) is -1.03. The number of nitrogen functional groups attached to an aromatic ring is 1. The molecule has 0 saturated carbocycles. The first kappa shape index (κ1) is 27.7. The van der Waals surface area contributed by atoms with Crippen LogP contribution in [0, 0.1) is 0 Å². The fraction of sp³-hybridized carbons (Fsp3) is 0.300. The van der Waals surface area contributed by atoms with Crippen molar-refractivity contribution in [2.75, 3.05) is 25.7 Å². The number of carboxylic acid groups (broad SMARTS) is 1. The Balaban J connectivity index is 0.00000361. The number of aromatic nitrogens is 1. The van der Waals surface area contributed by atoms with Crippen LogP contribution < -0.4 is 45.7 Å². The van der Waals surface area contributed by atoms with Gasteiger partial charge in [0.2, 0.25) is 0 Å². The van der Waals surface area contributed by atoms with Gasteiger partial charge in [-0.05, 0) is 18.6 Å². The molecule has 4 heterocycles. The number of aliphatic carboxylic acids is 1. The van der Waals surface area contributed by atoms with Crippen LogP contribution in [0.15, 0.2) is 45.0 Å². The Morgan fingerprint density at radius 2 is 2.11 bits per heavy atom. The number of carbonyl (C=O) groups excluding carboxylic acids is 4.